The van der Waals surface area contributed by atoms with Crippen LogP contribution in [0.5, 0.6) is 0 Å². The molecule has 0 radical (unpaired) electrons. The van der Waals surface area contributed by atoms with Crippen LogP contribution in [0, 0.1) is 0 Å². The molecule has 0 fully saturated rings. The van der Waals surface area contributed by atoms with Crippen LogP contribution in [0.1, 0.15) is 41.6 Å². The third-order valence-corrected chi connectivity index (χ3v) is 6.88. The molecule has 148 valence electrons. The van der Waals surface area contributed by atoms with Crippen molar-refractivity contribution < 1.29 is 18.0 Å². The lowest BCUT2D eigenvalue weighted by molar-refractivity contribution is 0.0509. The third kappa shape index (κ3) is 4.41. The first-order chi connectivity index (χ1) is 13.1. The Balaban J connectivity index is 1.76. The minimum absolute atomic E-state index is 0.0407. The zero-order chi connectivity index (χ0) is 20.5. The van der Waals surface area contributed by atoms with Crippen molar-refractivity contribution in [2.24, 2.45) is 5.90 Å². The van der Waals surface area contributed by atoms with Gasteiger partial charge in [-0.15, -0.1) is 11.3 Å². The van der Waals surface area contributed by atoms with Gasteiger partial charge in [-0.2, -0.15) is 5.90 Å². The van der Waals surface area contributed by atoms with Crippen molar-refractivity contribution in [1.82, 2.24) is 4.72 Å². The average Bonchev–Trinajstić information content (AvgIpc) is 3.08. The van der Waals surface area contributed by atoms with Crippen LogP contribution < -0.4 is 10.6 Å². The summed E-state index contributed by atoms with van der Waals surface area (Å²) in [7, 11) is -3.62. The van der Waals surface area contributed by atoms with Gasteiger partial charge in [-0.05, 0) is 46.2 Å². The number of benzene rings is 2. The normalized spacial score (nSPS) is 12.3. The van der Waals surface area contributed by atoms with E-state index in [9.17, 15) is 13.2 Å². The summed E-state index contributed by atoms with van der Waals surface area (Å²) in [6, 6.07) is 14.1. The van der Waals surface area contributed by atoms with Gasteiger partial charge in [-0.25, -0.2) is 17.9 Å². The molecule has 1 heterocycles. The van der Waals surface area contributed by atoms with E-state index in [2.05, 4.69) is 30.3 Å². The van der Waals surface area contributed by atoms with Gasteiger partial charge in [0.05, 0.1) is 4.90 Å². The SMILES string of the molecule is CC(C)(C)c1ccc(S(=O)(=O)NCc2ccc3cc(C(=O)ON)sc3c2)cc1. The van der Waals surface area contributed by atoms with E-state index in [-0.39, 0.29) is 16.9 Å². The quantitative estimate of drug-likeness (QED) is 0.616. The summed E-state index contributed by atoms with van der Waals surface area (Å²) in [5.41, 5.74) is 1.82. The summed E-state index contributed by atoms with van der Waals surface area (Å²) < 4.78 is 28.6. The van der Waals surface area contributed by atoms with E-state index >= 15 is 0 Å². The van der Waals surface area contributed by atoms with Crippen molar-refractivity contribution in [3.05, 3.63) is 64.5 Å². The molecule has 0 saturated heterocycles. The first kappa shape index (κ1) is 20.5. The van der Waals surface area contributed by atoms with Crippen LogP contribution in [0.4, 0.5) is 0 Å². The standard InChI is InChI=1S/C20H22N2O4S2/c1-20(2,3)15-6-8-16(9-7-15)28(24,25)22-12-13-4-5-14-11-18(19(23)26-21)27-17(14)10-13/h4-11,22H,12,21H2,1-3H3. The maximum absolute atomic E-state index is 12.6. The van der Waals surface area contributed by atoms with E-state index in [1.807, 2.05) is 30.3 Å². The van der Waals surface area contributed by atoms with Gasteiger partial charge in [-0.3, -0.25) is 0 Å². The minimum Gasteiger partial charge on any atom is -0.369 e. The van der Waals surface area contributed by atoms with Crippen LogP contribution in [0.3, 0.4) is 0 Å². The lowest BCUT2D eigenvalue weighted by Gasteiger charge is -2.19. The Morgan fingerprint density at radius 2 is 1.79 bits per heavy atom. The van der Waals surface area contributed by atoms with Gasteiger partial charge in [0.25, 0.3) is 0 Å². The summed E-state index contributed by atoms with van der Waals surface area (Å²) >= 11 is 1.25. The monoisotopic (exact) mass is 418 g/mol. The number of thiophene rings is 1. The van der Waals surface area contributed by atoms with E-state index < -0.39 is 16.0 Å². The number of hydrogen-bond acceptors (Lipinski definition) is 6. The van der Waals surface area contributed by atoms with Crippen molar-refractivity contribution in [2.45, 2.75) is 37.6 Å². The molecule has 6 nitrogen and oxygen atoms in total. The molecule has 28 heavy (non-hydrogen) atoms. The highest BCUT2D eigenvalue weighted by Gasteiger charge is 2.18. The van der Waals surface area contributed by atoms with E-state index in [4.69, 9.17) is 5.90 Å². The van der Waals surface area contributed by atoms with Crippen molar-refractivity contribution in [3.8, 4) is 0 Å². The van der Waals surface area contributed by atoms with E-state index in [0.717, 1.165) is 21.2 Å². The molecule has 2 aromatic carbocycles. The van der Waals surface area contributed by atoms with Crippen LogP contribution in [0.25, 0.3) is 10.1 Å². The molecular formula is C20H22N2O4S2. The highest BCUT2D eigenvalue weighted by atomic mass is 32.2. The number of hydrogen-bond donors (Lipinski definition) is 2. The lowest BCUT2D eigenvalue weighted by Crippen LogP contribution is -2.23. The molecule has 0 aliphatic carbocycles. The first-order valence-electron chi connectivity index (χ1n) is 8.64. The van der Waals surface area contributed by atoms with Gasteiger partial charge < -0.3 is 4.84 Å². The van der Waals surface area contributed by atoms with Gasteiger partial charge in [0.15, 0.2) is 0 Å². The van der Waals surface area contributed by atoms with Crippen molar-refractivity contribution in [3.63, 3.8) is 0 Å². The molecule has 0 atom stereocenters. The Kier molecular flexibility index (Phi) is 5.58. The van der Waals surface area contributed by atoms with Gasteiger partial charge in [0.2, 0.25) is 10.0 Å². The molecule has 0 amide bonds. The fourth-order valence-electron chi connectivity index (χ4n) is 2.74. The topological polar surface area (TPSA) is 98.5 Å². The van der Waals surface area contributed by atoms with Gasteiger partial charge >= 0.3 is 5.97 Å². The molecule has 3 aromatic rings. The van der Waals surface area contributed by atoms with E-state index in [1.54, 1.807) is 18.2 Å². The first-order valence-corrected chi connectivity index (χ1v) is 10.9. The molecule has 0 aliphatic heterocycles. The van der Waals surface area contributed by atoms with Gasteiger partial charge in [-0.1, -0.05) is 45.0 Å². The van der Waals surface area contributed by atoms with Crippen molar-refractivity contribution >= 4 is 37.4 Å². The number of nitrogens with one attached hydrogen (secondary N) is 1. The third-order valence-electron chi connectivity index (χ3n) is 4.39. The Morgan fingerprint density at radius 1 is 1.11 bits per heavy atom. The minimum atomic E-state index is -3.62. The molecular weight excluding hydrogens is 396 g/mol. The molecule has 0 saturated carbocycles. The predicted molar refractivity (Wildman–Crippen MR) is 111 cm³/mol. The molecule has 3 N–H and O–H groups in total. The Labute approximate surface area is 168 Å². The smallest absolute Gasteiger partial charge is 0.366 e. The number of nitrogens with two attached hydrogens (primary N) is 1. The van der Waals surface area contributed by atoms with Gasteiger partial charge in [0.1, 0.15) is 4.88 Å². The average molecular weight is 419 g/mol. The zero-order valence-electron chi connectivity index (χ0n) is 15.9. The fraction of sp³-hybridized carbons (Fsp3) is 0.250. The molecule has 0 unspecified atom stereocenters. The Hall–Kier alpha value is -2.26. The van der Waals surface area contributed by atoms with Crippen molar-refractivity contribution in [1.29, 1.82) is 0 Å². The summed E-state index contributed by atoms with van der Waals surface area (Å²) in [5, 5.41) is 0.870. The number of carbonyl (C=O) groups is 1. The molecule has 3 rings (SSSR count). The van der Waals surface area contributed by atoms with Crippen LogP contribution >= 0.6 is 11.3 Å². The zero-order valence-corrected chi connectivity index (χ0v) is 17.5. The van der Waals surface area contributed by atoms with Crippen LogP contribution in [0.15, 0.2) is 53.4 Å². The molecule has 8 heteroatoms. The van der Waals surface area contributed by atoms with Crippen molar-refractivity contribution in [2.75, 3.05) is 0 Å². The Morgan fingerprint density at radius 3 is 2.39 bits per heavy atom. The van der Waals surface area contributed by atoms with E-state index in [0.29, 0.717) is 4.88 Å². The number of carbonyl (C=O) groups excluding carboxylic acids is 1. The fourth-order valence-corrected chi connectivity index (χ4v) is 4.77. The summed E-state index contributed by atoms with van der Waals surface area (Å²) in [4.78, 5) is 16.4. The van der Waals surface area contributed by atoms with Crippen LogP contribution in [0.2, 0.25) is 0 Å². The largest absolute Gasteiger partial charge is 0.369 e. The number of sulfonamides is 1. The molecule has 1 aromatic heterocycles. The summed E-state index contributed by atoms with van der Waals surface area (Å²) in [6.07, 6.45) is 0. The second-order valence-electron chi connectivity index (χ2n) is 7.49. The highest BCUT2D eigenvalue weighted by molar-refractivity contribution is 7.89. The number of rotatable bonds is 5. The summed E-state index contributed by atoms with van der Waals surface area (Å²) in [6.45, 7) is 6.38. The van der Waals surface area contributed by atoms with Crippen LogP contribution in [-0.4, -0.2) is 14.4 Å². The van der Waals surface area contributed by atoms with Gasteiger partial charge in [0, 0.05) is 11.2 Å². The molecule has 0 aliphatic rings. The second-order valence-corrected chi connectivity index (χ2v) is 10.3. The second kappa shape index (κ2) is 7.63. The highest BCUT2D eigenvalue weighted by Crippen LogP contribution is 2.27. The molecule has 0 bridgehead atoms. The maximum atomic E-state index is 12.6. The summed E-state index contributed by atoms with van der Waals surface area (Å²) in [5.74, 6) is 4.32. The Bertz CT molecular complexity index is 1110. The molecule has 0 spiro atoms. The number of fused-ring (bicyclic) bond motifs is 1. The van der Waals surface area contributed by atoms with E-state index in [1.165, 1.54) is 11.3 Å². The predicted octanol–water partition coefficient (Wildman–Crippen LogP) is 3.71. The maximum Gasteiger partial charge on any atom is 0.366 e. The van der Waals surface area contributed by atoms with Crippen LogP contribution in [-0.2, 0) is 26.8 Å². The lowest BCUT2D eigenvalue weighted by atomic mass is 9.87.